The molecule has 1 fully saturated rings. The number of likely N-dealkylation sites (N-methyl/N-ethyl adjacent to an activating group) is 1. The van der Waals surface area contributed by atoms with E-state index in [1.165, 1.54) is 0 Å². The number of methoxy groups -OCH3 is 2. The molecule has 122 valence electrons. The molecular weight excluding hydrogens is 294 g/mol. The molecule has 1 aromatic rings. The van der Waals surface area contributed by atoms with E-state index in [4.69, 9.17) is 9.47 Å². The zero-order valence-electron chi connectivity index (χ0n) is 13.6. The van der Waals surface area contributed by atoms with E-state index in [0.29, 0.717) is 24.0 Å². The molecule has 3 atom stereocenters. The lowest BCUT2D eigenvalue weighted by Gasteiger charge is -2.42. The maximum Gasteiger partial charge on any atom is 0.197 e. The zero-order chi connectivity index (χ0) is 16.4. The van der Waals surface area contributed by atoms with Gasteiger partial charge in [-0.15, -0.1) is 0 Å². The van der Waals surface area contributed by atoms with E-state index >= 15 is 0 Å². The van der Waals surface area contributed by atoms with Gasteiger partial charge < -0.3 is 19.5 Å². The molecule has 1 aliphatic heterocycles. The number of phenolic OH excluding ortho intramolecular Hbond substituents is 1. The molecule has 1 N–H and O–H groups in total. The Morgan fingerprint density at radius 2 is 2.04 bits per heavy atom. The number of benzene rings is 1. The molecule has 0 aromatic heterocycles. The van der Waals surface area contributed by atoms with Crippen molar-refractivity contribution in [1.29, 1.82) is 0 Å². The summed E-state index contributed by atoms with van der Waals surface area (Å²) < 4.78 is 10.7. The molecule has 1 saturated heterocycles. The van der Waals surface area contributed by atoms with Crippen LogP contribution in [0.5, 0.6) is 11.5 Å². The van der Waals surface area contributed by atoms with Crippen LogP contribution in [0.3, 0.4) is 0 Å². The number of ketones is 1. The Balaban J connectivity index is 1.97. The highest BCUT2D eigenvalue weighted by atomic mass is 16.5. The topological polar surface area (TPSA) is 59.0 Å². The number of allylic oxidation sites excluding steroid dienone is 1. The molecule has 0 amide bonds. The summed E-state index contributed by atoms with van der Waals surface area (Å²) in [4.78, 5) is 14.6. The van der Waals surface area contributed by atoms with Crippen molar-refractivity contribution in [3.63, 3.8) is 0 Å². The number of rotatable bonds is 2. The van der Waals surface area contributed by atoms with Gasteiger partial charge in [0.15, 0.2) is 23.0 Å². The van der Waals surface area contributed by atoms with Gasteiger partial charge in [0.2, 0.25) is 0 Å². The second kappa shape index (κ2) is 4.74. The molecule has 1 aromatic carbocycles. The van der Waals surface area contributed by atoms with Crippen molar-refractivity contribution in [1.82, 2.24) is 4.90 Å². The van der Waals surface area contributed by atoms with E-state index in [2.05, 4.69) is 11.9 Å². The maximum atomic E-state index is 12.3. The van der Waals surface area contributed by atoms with Crippen LogP contribution in [0.15, 0.2) is 24.0 Å². The van der Waals surface area contributed by atoms with Gasteiger partial charge in [-0.25, -0.2) is 0 Å². The summed E-state index contributed by atoms with van der Waals surface area (Å²) in [7, 11) is 5.22. The first-order valence-corrected chi connectivity index (χ1v) is 7.91. The van der Waals surface area contributed by atoms with Crippen molar-refractivity contribution >= 4 is 5.78 Å². The monoisotopic (exact) mass is 315 g/mol. The summed E-state index contributed by atoms with van der Waals surface area (Å²) in [6.07, 6.45) is 3.37. The first-order chi connectivity index (χ1) is 11.0. The number of hydrogen-bond donors (Lipinski definition) is 1. The third-order valence-corrected chi connectivity index (χ3v) is 5.83. The molecular formula is C18H21NO4. The van der Waals surface area contributed by atoms with Crippen molar-refractivity contribution in [3.05, 3.63) is 35.1 Å². The van der Waals surface area contributed by atoms with Gasteiger partial charge in [-0.05, 0) is 48.7 Å². The number of hydrogen-bond acceptors (Lipinski definition) is 5. The SMILES string of the molecule is COC1=C[C@@]23CN(C)[C@@H](Cc4cc(O)c(OC)cc42)[C@H]3CC1=O. The highest BCUT2D eigenvalue weighted by Crippen LogP contribution is 2.55. The van der Waals surface area contributed by atoms with Crippen LogP contribution in [-0.2, 0) is 21.4 Å². The average Bonchev–Trinajstić information content (AvgIpc) is 2.73. The van der Waals surface area contributed by atoms with Crippen molar-refractivity contribution < 1.29 is 19.4 Å². The Bertz CT molecular complexity index is 726. The van der Waals surface area contributed by atoms with Crippen LogP contribution < -0.4 is 4.74 Å². The first-order valence-electron chi connectivity index (χ1n) is 7.91. The third kappa shape index (κ3) is 1.80. The number of ether oxygens (including phenoxy) is 2. The minimum atomic E-state index is -0.243. The Morgan fingerprint density at radius 3 is 2.74 bits per heavy atom. The fourth-order valence-electron chi connectivity index (χ4n) is 4.82. The fourth-order valence-corrected chi connectivity index (χ4v) is 4.82. The summed E-state index contributed by atoms with van der Waals surface area (Å²) in [6.45, 7) is 0.851. The number of carbonyl (C=O) groups excluding carboxylic acids is 1. The van der Waals surface area contributed by atoms with Crippen LogP contribution in [0.4, 0.5) is 0 Å². The number of phenols is 1. The van der Waals surface area contributed by atoms with Crippen LogP contribution in [0.25, 0.3) is 0 Å². The van der Waals surface area contributed by atoms with E-state index in [1.54, 1.807) is 14.2 Å². The molecule has 4 rings (SSSR count). The second-order valence-corrected chi connectivity index (χ2v) is 6.85. The molecule has 2 aliphatic carbocycles. The number of nitrogens with zero attached hydrogens (tertiary/aromatic N) is 1. The predicted octanol–water partition coefficient (Wildman–Crippen LogP) is 1.63. The van der Waals surface area contributed by atoms with Crippen molar-refractivity contribution in [2.45, 2.75) is 24.3 Å². The quantitative estimate of drug-likeness (QED) is 0.899. The Kier molecular flexibility index (Phi) is 3.00. The highest BCUT2D eigenvalue weighted by molar-refractivity contribution is 5.95. The van der Waals surface area contributed by atoms with E-state index in [0.717, 1.165) is 24.1 Å². The second-order valence-electron chi connectivity index (χ2n) is 6.85. The molecule has 0 radical (unpaired) electrons. The van der Waals surface area contributed by atoms with Gasteiger partial charge in [0.25, 0.3) is 0 Å². The molecule has 0 spiro atoms. The zero-order valence-corrected chi connectivity index (χ0v) is 13.6. The molecule has 0 unspecified atom stereocenters. The van der Waals surface area contributed by atoms with Crippen LogP contribution in [-0.4, -0.2) is 49.6 Å². The summed E-state index contributed by atoms with van der Waals surface area (Å²) in [5.74, 6) is 1.44. The standard InChI is InChI=1S/C18H21NO4/c1-19-9-18-8-17(23-3)15(21)6-12(18)13(19)4-10-5-14(20)16(22-2)7-11(10)18/h5,7-8,12-13,20H,4,6,9H2,1-3H3/t12-,13+,18-/m1/s1. The van der Waals surface area contributed by atoms with Crippen molar-refractivity contribution in [3.8, 4) is 11.5 Å². The Hall–Kier alpha value is -2.01. The fraction of sp³-hybridized carbons (Fsp3) is 0.500. The minimum absolute atomic E-state index is 0.0858. The van der Waals surface area contributed by atoms with Crippen LogP contribution in [0.2, 0.25) is 0 Å². The normalized spacial score (nSPS) is 32.1. The molecule has 3 aliphatic rings. The predicted molar refractivity (Wildman–Crippen MR) is 84.7 cm³/mol. The van der Waals surface area contributed by atoms with E-state index in [9.17, 15) is 9.90 Å². The van der Waals surface area contributed by atoms with Gasteiger partial charge >= 0.3 is 0 Å². The Labute approximate surface area is 135 Å². The van der Waals surface area contributed by atoms with Gasteiger partial charge in [0.1, 0.15) is 0 Å². The number of fused-ring (bicyclic) bond motifs is 1. The smallest absolute Gasteiger partial charge is 0.197 e. The molecule has 5 nitrogen and oxygen atoms in total. The summed E-state index contributed by atoms with van der Waals surface area (Å²) in [5.41, 5.74) is 2.04. The first kappa shape index (κ1) is 14.6. The molecule has 5 heteroatoms. The maximum absolute atomic E-state index is 12.3. The molecule has 23 heavy (non-hydrogen) atoms. The Morgan fingerprint density at radius 1 is 1.26 bits per heavy atom. The van der Waals surface area contributed by atoms with Gasteiger partial charge in [0.05, 0.1) is 14.2 Å². The summed E-state index contributed by atoms with van der Waals surface area (Å²) in [5, 5.41) is 10.1. The van der Waals surface area contributed by atoms with Crippen LogP contribution >= 0.6 is 0 Å². The van der Waals surface area contributed by atoms with Crippen LogP contribution in [0, 0.1) is 5.92 Å². The third-order valence-electron chi connectivity index (χ3n) is 5.83. The minimum Gasteiger partial charge on any atom is -0.504 e. The average molecular weight is 315 g/mol. The lowest BCUT2D eigenvalue weighted by atomic mass is 9.60. The van der Waals surface area contributed by atoms with Gasteiger partial charge in [-0.3, -0.25) is 4.79 Å². The van der Waals surface area contributed by atoms with E-state index in [1.807, 2.05) is 18.2 Å². The van der Waals surface area contributed by atoms with E-state index in [-0.39, 0.29) is 22.9 Å². The van der Waals surface area contributed by atoms with Crippen molar-refractivity contribution in [2.75, 3.05) is 27.8 Å². The molecule has 0 saturated carbocycles. The van der Waals surface area contributed by atoms with Gasteiger partial charge in [-0.1, -0.05) is 0 Å². The lowest BCUT2D eigenvalue weighted by molar-refractivity contribution is -0.120. The van der Waals surface area contributed by atoms with Gasteiger partial charge in [-0.2, -0.15) is 0 Å². The molecule has 1 heterocycles. The summed E-state index contributed by atoms with van der Waals surface area (Å²) in [6, 6.07) is 4.07. The number of aromatic hydroxyl groups is 1. The highest BCUT2D eigenvalue weighted by Gasteiger charge is 2.58. The lowest BCUT2D eigenvalue weighted by Crippen LogP contribution is -2.45. The summed E-state index contributed by atoms with van der Waals surface area (Å²) >= 11 is 0. The van der Waals surface area contributed by atoms with Gasteiger partial charge in [0, 0.05) is 24.4 Å². The number of Topliss-reactive ketones (excluding diaryl/α,β-unsaturated/α-hetero) is 1. The van der Waals surface area contributed by atoms with Crippen molar-refractivity contribution in [2.24, 2.45) is 5.92 Å². The number of likely N-dealkylation sites (tertiary alicyclic amines) is 1. The molecule has 2 bridgehead atoms. The largest absolute Gasteiger partial charge is 0.504 e. The van der Waals surface area contributed by atoms with Crippen LogP contribution in [0.1, 0.15) is 17.5 Å². The number of carbonyl (C=O) groups is 1. The van der Waals surface area contributed by atoms with E-state index < -0.39 is 0 Å².